The Morgan fingerprint density at radius 2 is 2.21 bits per heavy atom. The molecular weight excluding hydrogens is 246 g/mol. The fraction of sp³-hybridized carbons (Fsp3) is 0.154. The lowest BCUT2D eigenvalue weighted by Gasteiger charge is -2.08. The lowest BCUT2D eigenvalue weighted by Crippen LogP contribution is -2.01. The van der Waals surface area contributed by atoms with E-state index >= 15 is 0 Å². The molecule has 0 fully saturated rings. The number of benzene rings is 1. The van der Waals surface area contributed by atoms with Crippen LogP contribution in [0.5, 0.6) is 5.75 Å². The van der Waals surface area contributed by atoms with E-state index in [9.17, 15) is 10.1 Å². The van der Waals surface area contributed by atoms with Gasteiger partial charge < -0.3 is 10.5 Å². The molecule has 2 aromatic rings. The van der Waals surface area contributed by atoms with E-state index < -0.39 is 4.92 Å². The minimum Gasteiger partial charge on any atom is -0.495 e. The molecule has 1 heterocycles. The molecule has 6 heteroatoms. The fourth-order valence-electron chi connectivity index (χ4n) is 1.76. The molecule has 0 saturated carbocycles. The minimum atomic E-state index is -0.434. The average Bonchev–Trinajstić information content (AvgIpc) is 2.46. The molecule has 0 saturated heterocycles. The summed E-state index contributed by atoms with van der Waals surface area (Å²) in [5, 5.41) is 10.8. The number of nitrogens with two attached hydrogens (primary N) is 1. The molecule has 98 valence electrons. The summed E-state index contributed by atoms with van der Waals surface area (Å²) < 4.78 is 5.14. The first-order valence-corrected chi connectivity index (χ1v) is 5.63. The van der Waals surface area contributed by atoms with Gasteiger partial charge in [0.25, 0.3) is 5.69 Å². The van der Waals surface area contributed by atoms with E-state index in [1.165, 1.54) is 12.1 Å². The maximum absolute atomic E-state index is 10.8. The molecule has 6 nitrogen and oxygen atoms in total. The van der Waals surface area contributed by atoms with Gasteiger partial charge in [-0.15, -0.1) is 0 Å². The second-order valence-corrected chi connectivity index (χ2v) is 3.89. The summed E-state index contributed by atoms with van der Waals surface area (Å²) in [6.45, 7) is 0.313. The average molecular weight is 259 g/mol. The SMILES string of the molecule is COc1cnc(-c2cccc([N+](=O)[O-])c2)cc1CN. The predicted octanol–water partition coefficient (Wildman–Crippen LogP) is 2.12. The van der Waals surface area contributed by atoms with Crippen molar-refractivity contribution in [1.82, 2.24) is 4.98 Å². The number of aromatic nitrogens is 1. The van der Waals surface area contributed by atoms with Crippen LogP contribution in [0.3, 0.4) is 0 Å². The standard InChI is InChI=1S/C13H13N3O3/c1-19-13-8-15-12(6-10(13)7-14)9-3-2-4-11(5-9)16(17)18/h2-6,8H,7,14H2,1H3. The van der Waals surface area contributed by atoms with E-state index in [4.69, 9.17) is 10.5 Å². The van der Waals surface area contributed by atoms with Crippen LogP contribution in [0.25, 0.3) is 11.3 Å². The second-order valence-electron chi connectivity index (χ2n) is 3.89. The molecule has 0 bridgehead atoms. The molecule has 0 atom stereocenters. The van der Waals surface area contributed by atoms with Gasteiger partial charge in [0, 0.05) is 29.8 Å². The van der Waals surface area contributed by atoms with Gasteiger partial charge in [-0.2, -0.15) is 0 Å². The van der Waals surface area contributed by atoms with E-state index in [0.717, 1.165) is 5.56 Å². The Morgan fingerprint density at radius 1 is 1.42 bits per heavy atom. The highest BCUT2D eigenvalue weighted by molar-refractivity contribution is 5.64. The zero-order valence-electron chi connectivity index (χ0n) is 10.4. The van der Waals surface area contributed by atoms with Gasteiger partial charge >= 0.3 is 0 Å². The van der Waals surface area contributed by atoms with Crippen molar-refractivity contribution in [1.29, 1.82) is 0 Å². The highest BCUT2D eigenvalue weighted by atomic mass is 16.6. The van der Waals surface area contributed by atoms with Crippen LogP contribution in [-0.2, 0) is 6.54 Å². The molecule has 2 rings (SSSR count). The highest BCUT2D eigenvalue weighted by Crippen LogP contribution is 2.26. The van der Waals surface area contributed by atoms with E-state index in [0.29, 0.717) is 23.6 Å². The number of methoxy groups -OCH3 is 1. The molecule has 0 aliphatic carbocycles. The molecule has 19 heavy (non-hydrogen) atoms. The van der Waals surface area contributed by atoms with Gasteiger partial charge in [0.2, 0.25) is 0 Å². The number of ether oxygens (including phenoxy) is 1. The van der Waals surface area contributed by atoms with E-state index in [2.05, 4.69) is 4.98 Å². The summed E-state index contributed by atoms with van der Waals surface area (Å²) in [4.78, 5) is 14.5. The Balaban J connectivity index is 2.47. The smallest absolute Gasteiger partial charge is 0.270 e. The third-order valence-corrected chi connectivity index (χ3v) is 2.74. The lowest BCUT2D eigenvalue weighted by atomic mass is 10.1. The number of rotatable bonds is 4. The van der Waals surface area contributed by atoms with Crippen LogP contribution < -0.4 is 10.5 Å². The van der Waals surface area contributed by atoms with Crippen LogP contribution in [0.15, 0.2) is 36.5 Å². The second kappa shape index (κ2) is 5.45. The van der Waals surface area contributed by atoms with Crippen LogP contribution >= 0.6 is 0 Å². The molecule has 2 N–H and O–H groups in total. The van der Waals surface area contributed by atoms with Crippen LogP contribution in [0.4, 0.5) is 5.69 Å². The summed E-state index contributed by atoms with van der Waals surface area (Å²) in [6, 6.07) is 8.09. The quantitative estimate of drug-likeness (QED) is 0.670. The van der Waals surface area contributed by atoms with Crippen molar-refractivity contribution in [2.75, 3.05) is 7.11 Å². The maximum Gasteiger partial charge on any atom is 0.270 e. The predicted molar refractivity (Wildman–Crippen MR) is 70.8 cm³/mol. The van der Waals surface area contributed by atoms with Crippen LogP contribution in [-0.4, -0.2) is 17.0 Å². The summed E-state index contributed by atoms with van der Waals surface area (Å²) in [7, 11) is 1.54. The molecule has 0 amide bonds. The van der Waals surface area contributed by atoms with Crippen molar-refractivity contribution in [3.63, 3.8) is 0 Å². The van der Waals surface area contributed by atoms with Gasteiger partial charge in [-0.05, 0) is 6.07 Å². The zero-order valence-corrected chi connectivity index (χ0v) is 10.4. The minimum absolute atomic E-state index is 0.0319. The van der Waals surface area contributed by atoms with Crippen LogP contribution in [0.2, 0.25) is 0 Å². The molecule has 0 spiro atoms. The fourth-order valence-corrected chi connectivity index (χ4v) is 1.76. The van der Waals surface area contributed by atoms with Gasteiger partial charge in [0.05, 0.1) is 23.9 Å². The third kappa shape index (κ3) is 2.69. The van der Waals surface area contributed by atoms with Crippen molar-refractivity contribution in [3.8, 4) is 17.0 Å². The number of pyridine rings is 1. The van der Waals surface area contributed by atoms with E-state index in [-0.39, 0.29) is 5.69 Å². The Kier molecular flexibility index (Phi) is 3.72. The molecule has 1 aromatic heterocycles. The first kappa shape index (κ1) is 13.0. The first-order chi connectivity index (χ1) is 9.15. The van der Waals surface area contributed by atoms with Gasteiger partial charge in [-0.25, -0.2) is 0 Å². The van der Waals surface area contributed by atoms with Crippen molar-refractivity contribution in [2.45, 2.75) is 6.54 Å². The largest absolute Gasteiger partial charge is 0.495 e. The summed E-state index contributed by atoms with van der Waals surface area (Å²) in [6.07, 6.45) is 1.57. The number of hydrogen-bond acceptors (Lipinski definition) is 5. The third-order valence-electron chi connectivity index (χ3n) is 2.74. The Morgan fingerprint density at radius 3 is 2.84 bits per heavy atom. The summed E-state index contributed by atoms with van der Waals surface area (Å²) in [5.74, 6) is 0.608. The van der Waals surface area contributed by atoms with Gasteiger partial charge in [0.1, 0.15) is 5.75 Å². The summed E-state index contributed by atoms with van der Waals surface area (Å²) in [5.41, 5.74) is 7.77. The number of nitro benzene ring substituents is 1. The van der Waals surface area contributed by atoms with E-state index in [1.54, 1.807) is 31.5 Å². The Labute approximate surface area is 110 Å². The zero-order chi connectivity index (χ0) is 13.8. The molecule has 0 aliphatic rings. The molecule has 0 radical (unpaired) electrons. The van der Waals surface area contributed by atoms with Crippen LogP contribution in [0, 0.1) is 10.1 Å². The van der Waals surface area contributed by atoms with Crippen molar-refractivity contribution in [3.05, 3.63) is 52.2 Å². The topological polar surface area (TPSA) is 91.3 Å². The number of nitrogens with zero attached hydrogens (tertiary/aromatic N) is 2. The highest BCUT2D eigenvalue weighted by Gasteiger charge is 2.10. The van der Waals surface area contributed by atoms with Gasteiger partial charge in [-0.1, -0.05) is 12.1 Å². The van der Waals surface area contributed by atoms with Gasteiger partial charge in [0.15, 0.2) is 0 Å². The lowest BCUT2D eigenvalue weighted by molar-refractivity contribution is -0.384. The van der Waals surface area contributed by atoms with Crippen molar-refractivity contribution in [2.24, 2.45) is 5.73 Å². The molecule has 0 aliphatic heterocycles. The maximum atomic E-state index is 10.8. The normalized spacial score (nSPS) is 10.2. The molecule has 1 aromatic carbocycles. The van der Waals surface area contributed by atoms with Gasteiger partial charge in [-0.3, -0.25) is 15.1 Å². The van der Waals surface area contributed by atoms with Crippen LogP contribution in [0.1, 0.15) is 5.56 Å². The van der Waals surface area contributed by atoms with Crippen molar-refractivity contribution < 1.29 is 9.66 Å². The molecule has 0 unspecified atom stereocenters. The number of non-ortho nitro benzene ring substituents is 1. The monoisotopic (exact) mass is 259 g/mol. The first-order valence-electron chi connectivity index (χ1n) is 5.63. The number of nitro groups is 1. The number of hydrogen-bond donors (Lipinski definition) is 1. The Hall–Kier alpha value is -2.47. The van der Waals surface area contributed by atoms with Crippen molar-refractivity contribution >= 4 is 5.69 Å². The van der Waals surface area contributed by atoms with E-state index in [1.807, 2.05) is 0 Å². The molecular formula is C13H13N3O3. The summed E-state index contributed by atoms with van der Waals surface area (Å²) >= 11 is 0. The Bertz CT molecular complexity index is 614.